The maximum absolute atomic E-state index is 14.7. The van der Waals surface area contributed by atoms with Crippen LogP contribution in [0.2, 0.25) is 5.02 Å². The molecule has 4 atom stereocenters. The van der Waals surface area contributed by atoms with Crippen LogP contribution in [-0.4, -0.2) is 48.5 Å². The number of carbonyl (C=O) groups excluding carboxylic acids is 3. The SMILES string of the molecule is COCC(=O)Nc1ccc2c(c1)NC(=O)C(C)CCCC(NC(=O)C1N=NN(c3cccc(Cl)c3F)C1C)c1cc-2ccn1. The number of amides is 3. The Hall–Kier alpha value is -4.42. The minimum absolute atomic E-state index is 0.0477. The first-order valence-corrected chi connectivity index (χ1v) is 14.7. The summed E-state index contributed by atoms with van der Waals surface area (Å²) < 4.78 is 19.6. The molecule has 3 heterocycles. The highest BCUT2D eigenvalue weighted by Crippen LogP contribution is 2.35. The van der Waals surface area contributed by atoms with Crippen LogP contribution in [-0.2, 0) is 19.1 Å². The fourth-order valence-corrected chi connectivity index (χ4v) is 5.48. The van der Waals surface area contributed by atoms with E-state index in [0.717, 1.165) is 11.1 Å². The zero-order chi connectivity index (χ0) is 31.4. The molecule has 3 N–H and O–H groups in total. The Morgan fingerprint density at radius 3 is 2.77 bits per heavy atom. The van der Waals surface area contributed by atoms with E-state index in [2.05, 4.69) is 31.3 Å². The molecule has 230 valence electrons. The Bertz CT molecular complexity index is 1600. The minimum Gasteiger partial charge on any atom is -0.375 e. The number of benzene rings is 2. The second-order valence-electron chi connectivity index (χ2n) is 10.9. The maximum Gasteiger partial charge on any atom is 0.250 e. The fourth-order valence-electron chi connectivity index (χ4n) is 5.31. The number of rotatable bonds is 6. The molecular formula is C31H33ClFN7O4. The van der Waals surface area contributed by atoms with Gasteiger partial charge in [-0.2, -0.15) is 5.11 Å². The molecule has 3 amide bonds. The van der Waals surface area contributed by atoms with Crippen molar-refractivity contribution in [3.63, 3.8) is 0 Å². The number of halogens is 2. The van der Waals surface area contributed by atoms with E-state index in [0.29, 0.717) is 36.3 Å². The monoisotopic (exact) mass is 621 g/mol. The largest absolute Gasteiger partial charge is 0.375 e. The number of nitrogens with one attached hydrogen (secondary N) is 3. The lowest BCUT2D eigenvalue weighted by Crippen LogP contribution is -2.44. The van der Waals surface area contributed by atoms with Gasteiger partial charge in [-0.25, -0.2) is 9.40 Å². The van der Waals surface area contributed by atoms with Crippen LogP contribution in [0.15, 0.2) is 65.1 Å². The molecule has 0 saturated carbocycles. The van der Waals surface area contributed by atoms with Crippen molar-refractivity contribution < 1.29 is 23.5 Å². The van der Waals surface area contributed by atoms with E-state index in [1.54, 1.807) is 31.3 Å². The Kier molecular flexibility index (Phi) is 9.50. The number of anilines is 3. The molecule has 2 aliphatic rings. The quantitative estimate of drug-likeness (QED) is 0.324. The van der Waals surface area contributed by atoms with Crippen molar-refractivity contribution in [2.24, 2.45) is 16.3 Å². The Morgan fingerprint density at radius 2 is 1.98 bits per heavy atom. The molecule has 2 aromatic carbocycles. The van der Waals surface area contributed by atoms with E-state index in [9.17, 15) is 18.8 Å². The summed E-state index contributed by atoms with van der Waals surface area (Å²) in [5.41, 5.74) is 3.31. The summed E-state index contributed by atoms with van der Waals surface area (Å²) in [5, 5.41) is 18.4. The number of carbonyl (C=O) groups is 3. The van der Waals surface area contributed by atoms with E-state index < -0.39 is 23.9 Å². The van der Waals surface area contributed by atoms with E-state index in [1.807, 2.05) is 25.1 Å². The van der Waals surface area contributed by atoms with E-state index in [4.69, 9.17) is 16.3 Å². The molecule has 0 radical (unpaired) electrons. The van der Waals surface area contributed by atoms with Crippen molar-refractivity contribution in [1.29, 1.82) is 0 Å². The molecule has 0 spiro atoms. The molecule has 4 unspecified atom stereocenters. The lowest BCUT2D eigenvalue weighted by Gasteiger charge is -2.25. The summed E-state index contributed by atoms with van der Waals surface area (Å²) in [4.78, 5) is 43.4. The van der Waals surface area contributed by atoms with Crippen LogP contribution in [0.25, 0.3) is 11.1 Å². The molecule has 1 aromatic heterocycles. The second kappa shape index (κ2) is 13.5. The molecule has 2 bridgehead atoms. The van der Waals surface area contributed by atoms with Crippen LogP contribution in [0.5, 0.6) is 0 Å². The van der Waals surface area contributed by atoms with Gasteiger partial charge in [0.1, 0.15) is 6.61 Å². The zero-order valence-electron chi connectivity index (χ0n) is 24.5. The van der Waals surface area contributed by atoms with Crippen LogP contribution in [0.4, 0.5) is 21.5 Å². The molecule has 11 nitrogen and oxygen atoms in total. The van der Waals surface area contributed by atoms with Crippen molar-refractivity contribution in [2.75, 3.05) is 29.4 Å². The molecule has 3 aromatic rings. The Balaban J connectivity index is 1.42. The highest BCUT2D eigenvalue weighted by molar-refractivity contribution is 6.31. The van der Waals surface area contributed by atoms with E-state index >= 15 is 0 Å². The number of fused-ring (bicyclic) bond motifs is 4. The normalized spacial score (nSPS) is 21.5. The van der Waals surface area contributed by atoms with Gasteiger partial charge in [0, 0.05) is 30.5 Å². The lowest BCUT2D eigenvalue weighted by atomic mass is 9.95. The third-order valence-electron chi connectivity index (χ3n) is 7.74. The first kappa shape index (κ1) is 31.0. The van der Waals surface area contributed by atoms with E-state index in [1.165, 1.54) is 24.3 Å². The fraction of sp³-hybridized carbons (Fsp3) is 0.355. The van der Waals surface area contributed by atoms with Gasteiger partial charge in [0.25, 0.3) is 0 Å². The average molecular weight is 622 g/mol. The number of hydrogen-bond donors (Lipinski definition) is 3. The van der Waals surface area contributed by atoms with Gasteiger partial charge >= 0.3 is 0 Å². The van der Waals surface area contributed by atoms with Crippen LogP contribution in [0.1, 0.15) is 44.8 Å². The molecule has 44 heavy (non-hydrogen) atoms. The summed E-state index contributed by atoms with van der Waals surface area (Å²) in [6, 6.07) is 11.6. The van der Waals surface area contributed by atoms with Crippen molar-refractivity contribution in [3.05, 3.63) is 71.3 Å². The third kappa shape index (κ3) is 6.71. The van der Waals surface area contributed by atoms with Crippen LogP contribution >= 0.6 is 11.6 Å². The number of nitrogens with zero attached hydrogens (tertiary/aromatic N) is 4. The molecule has 0 saturated heterocycles. The predicted octanol–water partition coefficient (Wildman–Crippen LogP) is 5.69. The number of methoxy groups -OCH3 is 1. The molecule has 2 aliphatic heterocycles. The van der Waals surface area contributed by atoms with Crippen LogP contribution in [0.3, 0.4) is 0 Å². The summed E-state index contributed by atoms with van der Waals surface area (Å²) in [7, 11) is 1.44. The second-order valence-corrected chi connectivity index (χ2v) is 11.3. The molecule has 5 rings (SSSR count). The smallest absolute Gasteiger partial charge is 0.250 e. The average Bonchev–Trinajstić information content (AvgIpc) is 3.38. The van der Waals surface area contributed by atoms with Gasteiger partial charge in [-0.3, -0.25) is 19.4 Å². The van der Waals surface area contributed by atoms with Gasteiger partial charge in [0.15, 0.2) is 11.9 Å². The minimum atomic E-state index is -0.893. The zero-order valence-corrected chi connectivity index (χ0v) is 25.3. The predicted molar refractivity (Wildman–Crippen MR) is 165 cm³/mol. The van der Waals surface area contributed by atoms with Gasteiger partial charge in [0.05, 0.1) is 34.2 Å². The number of ether oxygens (including phenoxy) is 1. The topological polar surface area (TPSA) is 137 Å². The number of pyridine rings is 1. The number of hydrogen-bond acceptors (Lipinski definition) is 8. The third-order valence-corrected chi connectivity index (χ3v) is 8.03. The van der Waals surface area contributed by atoms with Crippen molar-refractivity contribution >= 4 is 46.4 Å². The Morgan fingerprint density at radius 1 is 1.16 bits per heavy atom. The Labute approximate surface area is 259 Å². The summed E-state index contributed by atoms with van der Waals surface area (Å²) in [6.07, 6.45) is 3.38. The van der Waals surface area contributed by atoms with Crippen molar-refractivity contribution in [1.82, 2.24) is 10.3 Å². The maximum atomic E-state index is 14.7. The first-order valence-electron chi connectivity index (χ1n) is 14.3. The van der Waals surface area contributed by atoms with Gasteiger partial charge in [0.2, 0.25) is 17.7 Å². The molecule has 0 aliphatic carbocycles. The van der Waals surface area contributed by atoms with Crippen molar-refractivity contribution in [2.45, 2.75) is 51.2 Å². The summed E-state index contributed by atoms with van der Waals surface area (Å²) in [5.74, 6) is -1.80. The highest BCUT2D eigenvalue weighted by atomic mass is 35.5. The van der Waals surface area contributed by atoms with Gasteiger partial charge in [-0.05, 0) is 61.7 Å². The molecule has 0 fully saturated rings. The highest BCUT2D eigenvalue weighted by Gasteiger charge is 2.37. The summed E-state index contributed by atoms with van der Waals surface area (Å²) in [6.45, 7) is 3.49. The first-order chi connectivity index (χ1) is 21.2. The van der Waals surface area contributed by atoms with Crippen LogP contribution < -0.4 is 21.0 Å². The van der Waals surface area contributed by atoms with Gasteiger partial charge in [-0.15, -0.1) is 0 Å². The number of aromatic nitrogens is 1. The van der Waals surface area contributed by atoms with Crippen molar-refractivity contribution in [3.8, 4) is 11.1 Å². The lowest BCUT2D eigenvalue weighted by molar-refractivity contribution is -0.123. The standard InChI is InChI=1S/C31H33ClFN7O4/c1-17-6-4-8-23(36-31(43)29-18(2)40(39-38-29)26-9-5-7-22(32)28(26)33)25-14-19(12-13-34-25)21-11-10-20(35-27(41)16-44-3)15-24(21)37-30(17)42/h5,7,9-15,17-18,23,29H,4,6,8,16H2,1-3H3,(H,35,41)(H,36,43)(H,37,42). The molecular weight excluding hydrogens is 589 g/mol. The van der Waals surface area contributed by atoms with Crippen LogP contribution in [0, 0.1) is 11.7 Å². The van der Waals surface area contributed by atoms with Gasteiger partial charge in [-0.1, -0.05) is 42.3 Å². The molecule has 13 heteroatoms. The summed E-state index contributed by atoms with van der Waals surface area (Å²) >= 11 is 5.96. The van der Waals surface area contributed by atoms with E-state index in [-0.39, 0.29) is 41.0 Å². The van der Waals surface area contributed by atoms with Gasteiger partial charge < -0.3 is 20.7 Å².